The second-order valence-corrected chi connectivity index (χ2v) is 6.79. The van der Waals surface area contributed by atoms with Crippen LogP contribution in [0.3, 0.4) is 0 Å². The molecule has 0 radical (unpaired) electrons. The summed E-state index contributed by atoms with van der Waals surface area (Å²) in [6.07, 6.45) is 2.24. The van der Waals surface area contributed by atoms with E-state index in [-0.39, 0.29) is 16.9 Å². The molecule has 1 aliphatic heterocycles. The highest BCUT2D eigenvalue weighted by molar-refractivity contribution is 6.31. The maximum absolute atomic E-state index is 13.7. The van der Waals surface area contributed by atoms with Gasteiger partial charge in [0.1, 0.15) is 5.60 Å². The summed E-state index contributed by atoms with van der Waals surface area (Å²) in [7, 11) is 1.40. The smallest absolute Gasteiger partial charge is 0.410 e. The standard InChI is InChI=1S/C17H21ClFNO3/c1-17(2,3)23-16(21)20-7-5-11(6-8-20)12-9-13(18)15(19)14(10-12)22-4/h5,9-10H,6-8H2,1-4H3. The zero-order valence-corrected chi connectivity index (χ0v) is 14.5. The predicted molar refractivity (Wildman–Crippen MR) is 88.4 cm³/mol. The molecule has 0 aromatic heterocycles. The van der Waals surface area contributed by atoms with Crippen LogP contribution in [0.25, 0.3) is 5.57 Å². The summed E-state index contributed by atoms with van der Waals surface area (Å²) in [6.45, 7) is 6.49. The number of hydrogen-bond acceptors (Lipinski definition) is 3. The molecule has 0 aliphatic carbocycles. The normalized spacial score (nSPS) is 15.2. The van der Waals surface area contributed by atoms with Gasteiger partial charge < -0.3 is 14.4 Å². The molecule has 6 heteroatoms. The molecule has 1 aromatic carbocycles. The van der Waals surface area contributed by atoms with E-state index in [1.54, 1.807) is 17.0 Å². The van der Waals surface area contributed by atoms with Crippen molar-refractivity contribution in [3.63, 3.8) is 0 Å². The van der Waals surface area contributed by atoms with E-state index in [1.165, 1.54) is 7.11 Å². The molecule has 2 rings (SSSR count). The van der Waals surface area contributed by atoms with E-state index >= 15 is 0 Å². The number of hydrogen-bond donors (Lipinski definition) is 0. The van der Waals surface area contributed by atoms with E-state index in [1.807, 2.05) is 26.8 Å². The van der Waals surface area contributed by atoms with E-state index in [9.17, 15) is 9.18 Å². The van der Waals surface area contributed by atoms with Crippen molar-refractivity contribution in [2.24, 2.45) is 0 Å². The Morgan fingerprint density at radius 1 is 1.35 bits per heavy atom. The number of amides is 1. The summed E-state index contributed by atoms with van der Waals surface area (Å²) in [5, 5.41) is 0.0230. The highest BCUT2D eigenvalue weighted by Crippen LogP contribution is 2.32. The molecule has 1 aromatic rings. The maximum atomic E-state index is 13.7. The zero-order chi connectivity index (χ0) is 17.2. The molecular weight excluding hydrogens is 321 g/mol. The summed E-state index contributed by atoms with van der Waals surface area (Å²) in [4.78, 5) is 13.7. The zero-order valence-electron chi connectivity index (χ0n) is 13.8. The number of rotatable bonds is 2. The Labute approximate surface area is 140 Å². The Bertz CT molecular complexity index is 637. The van der Waals surface area contributed by atoms with E-state index in [0.29, 0.717) is 19.5 Å². The number of benzene rings is 1. The summed E-state index contributed by atoms with van der Waals surface area (Å²) in [5.41, 5.74) is 1.29. The van der Waals surface area contributed by atoms with Crippen LogP contribution in [-0.4, -0.2) is 36.8 Å². The lowest BCUT2D eigenvalue weighted by Gasteiger charge is -2.29. The minimum Gasteiger partial charge on any atom is -0.494 e. The minimum absolute atomic E-state index is 0.0230. The third kappa shape index (κ3) is 4.38. The minimum atomic E-state index is -0.565. The first kappa shape index (κ1) is 17.6. The van der Waals surface area contributed by atoms with Crippen LogP contribution >= 0.6 is 11.6 Å². The largest absolute Gasteiger partial charge is 0.494 e. The molecule has 0 atom stereocenters. The van der Waals surface area contributed by atoms with Crippen molar-refractivity contribution in [3.05, 3.63) is 34.6 Å². The van der Waals surface area contributed by atoms with Crippen molar-refractivity contribution in [2.45, 2.75) is 32.8 Å². The van der Waals surface area contributed by atoms with Gasteiger partial charge in [-0.2, -0.15) is 0 Å². The van der Waals surface area contributed by atoms with Crippen LogP contribution in [0.2, 0.25) is 5.02 Å². The Morgan fingerprint density at radius 2 is 2.04 bits per heavy atom. The van der Waals surface area contributed by atoms with Gasteiger partial charge in [0.25, 0.3) is 0 Å². The Morgan fingerprint density at radius 3 is 2.57 bits per heavy atom. The fourth-order valence-corrected chi connectivity index (χ4v) is 2.53. The van der Waals surface area contributed by atoms with Crippen LogP contribution in [0.4, 0.5) is 9.18 Å². The van der Waals surface area contributed by atoms with Gasteiger partial charge in [-0.15, -0.1) is 0 Å². The van der Waals surface area contributed by atoms with Gasteiger partial charge in [0, 0.05) is 13.1 Å². The van der Waals surface area contributed by atoms with Crippen molar-refractivity contribution < 1.29 is 18.7 Å². The SMILES string of the molecule is COc1cc(C2=CCN(C(=O)OC(C)(C)C)CC2)cc(Cl)c1F. The van der Waals surface area contributed by atoms with Gasteiger partial charge in [0.2, 0.25) is 0 Å². The number of halogens is 2. The van der Waals surface area contributed by atoms with Gasteiger partial charge >= 0.3 is 6.09 Å². The molecule has 126 valence electrons. The molecule has 0 saturated heterocycles. The van der Waals surface area contributed by atoms with Crippen molar-refractivity contribution in [2.75, 3.05) is 20.2 Å². The first-order valence-electron chi connectivity index (χ1n) is 7.41. The van der Waals surface area contributed by atoms with E-state index in [4.69, 9.17) is 21.1 Å². The molecule has 0 unspecified atom stereocenters. The number of carbonyl (C=O) groups is 1. The third-order valence-corrected chi connectivity index (χ3v) is 3.72. The van der Waals surface area contributed by atoms with Gasteiger partial charge in [0.15, 0.2) is 11.6 Å². The lowest BCUT2D eigenvalue weighted by molar-refractivity contribution is 0.0270. The topological polar surface area (TPSA) is 38.8 Å². The summed E-state index contributed by atoms with van der Waals surface area (Å²) in [5.74, 6) is -0.451. The maximum Gasteiger partial charge on any atom is 0.410 e. The Hall–Kier alpha value is -1.75. The number of carbonyl (C=O) groups excluding carboxylic acids is 1. The molecule has 0 N–H and O–H groups in total. The molecule has 1 heterocycles. The van der Waals surface area contributed by atoms with Crippen LogP contribution in [0.1, 0.15) is 32.8 Å². The Kier molecular flexibility index (Phi) is 5.19. The molecule has 0 spiro atoms. The molecular formula is C17H21ClFNO3. The van der Waals surface area contributed by atoms with Gasteiger partial charge in [-0.1, -0.05) is 17.7 Å². The fourth-order valence-electron chi connectivity index (χ4n) is 2.32. The quantitative estimate of drug-likeness (QED) is 0.794. The molecule has 0 saturated carbocycles. The van der Waals surface area contributed by atoms with Crippen molar-refractivity contribution in [3.8, 4) is 5.75 Å². The van der Waals surface area contributed by atoms with Crippen molar-refractivity contribution >= 4 is 23.3 Å². The van der Waals surface area contributed by atoms with Crippen LogP contribution in [0.15, 0.2) is 18.2 Å². The average Bonchev–Trinajstić information content (AvgIpc) is 2.48. The first-order chi connectivity index (χ1) is 10.7. The molecule has 0 bridgehead atoms. The highest BCUT2D eigenvalue weighted by atomic mass is 35.5. The van der Waals surface area contributed by atoms with Crippen LogP contribution in [0, 0.1) is 5.82 Å². The van der Waals surface area contributed by atoms with Gasteiger partial charge in [-0.05, 0) is 50.5 Å². The second kappa shape index (κ2) is 6.79. The second-order valence-electron chi connectivity index (χ2n) is 6.38. The molecule has 23 heavy (non-hydrogen) atoms. The molecule has 1 aliphatic rings. The van der Waals surface area contributed by atoms with Gasteiger partial charge in [-0.25, -0.2) is 9.18 Å². The number of methoxy groups -OCH3 is 1. The summed E-state index contributed by atoms with van der Waals surface area (Å²) >= 11 is 5.90. The fraction of sp³-hybridized carbons (Fsp3) is 0.471. The number of nitrogens with zero attached hydrogens (tertiary/aromatic N) is 1. The lowest BCUT2D eigenvalue weighted by Crippen LogP contribution is -2.39. The van der Waals surface area contributed by atoms with Crippen molar-refractivity contribution in [1.29, 1.82) is 0 Å². The van der Waals surface area contributed by atoms with Gasteiger partial charge in [-0.3, -0.25) is 0 Å². The van der Waals surface area contributed by atoms with E-state index in [0.717, 1.165) is 11.1 Å². The van der Waals surface area contributed by atoms with E-state index < -0.39 is 11.4 Å². The van der Waals surface area contributed by atoms with Crippen LogP contribution in [-0.2, 0) is 4.74 Å². The Balaban J connectivity index is 2.13. The van der Waals surface area contributed by atoms with Crippen LogP contribution < -0.4 is 4.74 Å². The van der Waals surface area contributed by atoms with Crippen molar-refractivity contribution in [1.82, 2.24) is 4.90 Å². The monoisotopic (exact) mass is 341 g/mol. The highest BCUT2D eigenvalue weighted by Gasteiger charge is 2.24. The van der Waals surface area contributed by atoms with Gasteiger partial charge in [0.05, 0.1) is 12.1 Å². The average molecular weight is 342 g/mol. The molecule has 0 fully saturated rings. The molecule has 4 nitrogen and oxygen atoms in total. The number of ether oxygens (including phenoxy) is 2. The lowest BCUT2D eigenvalue weighted by atomic mass is 9.99. The molecule has 1 amide bonds. The first-order valence-corrected chi connectivity index (χ1v) is 7.79. The van der Waals surface area contributed by atoms with E-state index in [2.05, 4.69) is 0 Å². The summed E-state index contributed by atoms with van der Waals surface area (Å²) < 4.78 is 24.1. The predicted octanol–water partition coefficient (Wildman–Crippen LogP) is 4.51. The van der Waals surface area contributed by atoms with Crippen LogP contribution in [0.5, 0.6) is 5.75 Å². The summed E-state index contributed by atoms with van der Waals surface area (Å²) in [6, 6.07) is 3.20. The third-order valence-electron chi connectivity index (χ3n) is 3.45.